The van der Waals surface area contributed by atoms with Crippen molar-refractivity contribution in [2.45, 2.75) is 6.61 Å². The Labute approximate surface area is 120 Å². The standard InChI is InChI=1S/C15H12BrNO2/c1-18-13-4-2-3-11(7-13)10-19-14-6-5-12(9-17)15(16)8-14/h2-8H,10H2,1H3. The van der Waals surface area contributed by atoms with E-state index in [0.29, 0.717) is 17.9 Å². The SMILES string of the molecule is COc1cccc(COc2ccc(C#N)c(Br)c2)c1. The summed E-state index contributed by atoms with van der Waals surface area (Å²) in [6.07, 6.45) is 0. The van der Waals surface area contributed by atoms with Gasteiger partial charge < -0.3 is 9.47 Å². The molecule has 2 rings (SSSR count). The van der Waals surface area contributed by atoms with Crippen molar-refractivity contribution in [1.82, 2.24) is 0 Å². The summed E-state index contributed by atoms with van der Waals surface area (Å²) < 4.78 is 11.6. The second-order valence-corrected chi connectivity index (χ2v) is 4.75. The number of nitriles is 1. The molecule has 2 aromatic rings. The second-order valence-electron chi connectivity index (χ2n) is 3.89. The molecule has 0 heterocycles. The molecular weight excluding hydrogens is 306 g/mol. The van der Waals surface area contributed by atoms with Crippen molar-refractivity contribution in [2.75, 3.05) is 7.11 Å². The van der Waals surface area contributed by atoms with Gasteiger partial charge in [0.15, 0.2) is 0 Å². The molecule has 19 heavy (non-hydrogen) atoms. The van der Waals surface area contributed by atoms with Crippen LogP contribution in [0.25, 0.3) is 0 Å². The average molecular weight is 318 g/mol. The molecule has 0 bridgehead atoms. The lowest BCUT2D eigenvalue weighted by Crippen LogP contribution is -1.96. The molecule has 0 radical (unpaired) electrons. The molecule has 0 spiro atoms. The quantitative estimate of drug-likeness (QED) is 0.858. The smallest absolute Gasteiger partial charge is 0.121 e. The monoisotopic (exact) mass is 317 g/mol. The maximum Gasteiger partial charge on any atom is 0.121 e. The van der Waals surface area contributed by atoms with Gasteiger partial charge >= 0.3 is 0 Å². The van der Waals surface area contributed by atoms with Gasteiger partial charge in [0.25, 0.3) is 0 Å². The molecule has 0 amide bonds. The molecule has 0 atom stereocenters. The Morgan fingerprint density at radius 2 is 2.00 bits per heavy atom. The molecule has 0 aliphatic heterocycles. The molecular formula is C15H12BrNO2. The molecule has 0 aliphatic rings. The summed E-state index contributed by atoms with van der Waals surface area (Å²) in [5, 5.41) is 8.84. The highest BCUT2D eigenvalue weighted by atomic mass is 79.9. The molecule has 0 aliphatic carbocycles. The molecule has 4 heteroatoms. The zero-order valence-electron chi connectivity index (χ0n) is 10.4. The van der Waals surface area contributed by atoms with Crippen molar-refractivity contribution >= 4 is 15.9 Å². The minimum absolute atomic E-state index is 0.454. The van der Waals surface area contributed by atoms with Gasteiger partial charge in [0, 0.05) is 4.47 Å². The van der Waals surface area contributed by atoms with Crippen molar-refractivity contribution < 1.29 is 9.47 Å². The van der Waals surface area contributed by atoms with E-state index in [1.54, 1.807) is 25.3 Å². The van der Waals surface area contributed by atoms with E-state index in [-0.39, 0.29) is 0 Å². The average Bonchev–Trinajstić information content (AvgIpc) is 2.45. The minimum Gasteiger partial charge on any atom is -0.497 e. The summed E-state index contributed by atoms with van der Waals surface area (Å²) in [4.78, 5) is 0. The van der Waals surface area contributed by atoms with E-state index >= 15 is 0 Å². The highest BCUT2D eigenvalue weighted by Gasteiger charge is 2.02. The Bertz CT molecular complexity index is 620. The summed E-state index contributed by atoms with van der Waals surface area (Å²) in [7, 11) is 1.64. The highest BCUT2D eigenvalue weighted by molar-refractivity contribution is 9.10. The molecule has 0 N–H and O–H groups in total. The maximum absolute atomic E-state index is 8.84. The van der Waals surface area contributed by atoms with E-state index in [2.05, 4.69) is 22.0 Å². The van der Waals surface area contributed by atoms with E-state index in [0.717, 1.165) is 15.8 Å². The third-order valence-corrected chi connectivity index (χ3v) is 3.26. The lowest BCUT2D eigenvalue weighted by molar-refractivity contribution is 0.305. The van der Waals surface area contributed by atoms with E-state index < -0.39 is 0 Å². The van der Waals surface area contributed by atoms with Crippen molar-refractivity contribution in [3.05, 3.63) is 58.1 Å². The lowest BCUT2D eigenvalue weighted by Gasteiger charge is -2.08. The summed E-state index contributed by atoms with van der Waals surface area (Å²) in [5.74, 6) is 1.52. The van der Waals surface area contributed by atoms with Crippen LogP contribution >= 0.6 is 15.9 Å². The molecule has 2 aromatic carbocycles. The topological polar surface area (TPSA) is 42.2 Å². The zero-order valence-corrected chi connectivity index (χ0v) is 12.0. The van der Waals surface area contributed by atoms with Gasteiger partial charge in [-0.3, -0.25) is 0 Å². The first-order chi connectivity index (χ1) is 9.22. The van der Waals surface area contributed by atoms with Crippen LogP contribution in [0.4, 0.5) is 0 Å². The molecule has 0 saturated carbocycles. The van der Waals surface area contributed by atoms with Gasteiger partial charge in [0.05, 0.1) is 12.7 Å². The van der Waals surface area contributed by atoms with Gasteiger partial charge in [0.2, 0.25) is 0 Å². The molecule has 0 unspecified atom stereocenters. The predicted octanol–water partition coefficient (Wildman–Crippen LogP) is 3.91. The minimum atomic E-state index is 0.454. The fourth-order valence-electron chi connectivity index (χ4n) is 1.61. The van der Waals surface area contributed by atoms with Crippen LogP contribution in [0.2, 0.25) is 0 Å². The highest BCUT2D eigenvalue weighted by Crippen LogP contribution is 2.23. The number of nitrogens with zero attached hydrogens (tertiary/aromatic N) is 1. The maximum atomic E-state index is 8.84. The summed E-state index contributed by atoms with van der Waals surface area (Å²) in [6, 6.07) is 15.1. The van der Waals surface area contributed by atoms with Crippen LogP contribution in [-0.4, -0.2) is 7.11 Å². The fourth-order valence-corrected chi connectivity index (χ4v) is 2.05. The first-order valence-electron chi connectivity index (χ1n) is 5.68. The van der Waals surface area contributed by atoms with Crippen LogP contribution in [0, 0.1) is 11.3 Å². The summed E-state index contributed by atoms with van der Waals surface area (Å²) in [6.45, 7) is 0.454. The van der Waals surface area contributed by atoms with Crippen LogP contribution in [-0.2, 0) is 6.61 Å². The number of benzene rings is 2. The number of halogens is 1. The van der Waals surface area contributed by atoms with E-state index in [9.17, 15) is 0 Å². The van der Waals surface area contributed by atoms with E-state index in [1.165, 1.54) is 0 Å². The van der Waals surface area contributed by atoms with Gasteiger partial charge in [-0.05, 0) is 51.8 Å². The normalized spacial score (nSPS) is 9.74. The van der Waals surface area contributed by atoms with E-state index in [4.69, 9.17) is 14.7 Å². The third kappa shape index (κ3) is 3.49. The lowest BCUT2D eigenvalue weighted by atomic mass is 10.2. The predicted molar refractivity (Wildman–Crippen MR) is 76.2 cm³/mol. The van der Waals surface area contributed by atoms with E-state index in [1.807, 2.05) is 24.3 Å². The van der Waals surface area contributed by atoms with Crippen LogP contribution < -0.4 is 9.47 Å². The van der Waals surface area contributed by atoms with Crippen LogP contribution in [0.1, 0.15) is 11.1 Å². The molecule has 0 saturated heterocycles. The number of hydrogen-bond donors (Lipinski definition) is 0. The molecule has 3 nitrogen and oxygen atoms in total. The number of ether oxygens (including phenoxy) is 2. The largest absolute Gasteiger partial charge is 0.497 e. The molecule has 0 aromatic heterocycles. The number of methoxy groups -OCH3 is 1. The fraction of sp³-hybridized carbons (Fsp3) is 0.133. The Kier molecular flexibility index (Phi) is 4.43. The number of hydrogen-bond acceptors (Lipinski definition) is 3. The van der Waals surface area contributed by atoms with Crippen molar-refractivity contribution in [1.29, 1.82) is 5.26 Å². The zero-order chi connectivity index (χ0) is 13.7. The van der Waals surface area contributed by atoms with Crippen LogP contribution in [0.5, 0.6) is 11.5 Å². The summed E-state index contributed by atoms with van der Waals surface area (Å²) in [5.41, 5.74) is 1.62. The van der Waals surface area contributed by atoms with Crippen molar-refractivity contribution in [3.8, 4) is 17.6 Å². The Morgan fingerprint density at radius 3 is 2.68 bits per heavy atom. The third-order valence-electron chi connectivity index (χ3n) is 2.60. The van der Waals surface area contributed by atoms with Gasteiger partial charge in [-0.1, -0.05) is 12.1 Å². The number of rotatable bonds is 4. The van der Waals surface area contributed by atoms with Crippen molar-refractivity contribution in [3.63, 3.8) is 0 Å². The molecule has 0 fully saturated rings. The van der Waals surface area contributed by atoms with Gasteiger partial charge in [-0.25, -0.2) is 0 Å². The first kappa shape index (κ1) is 13.4. The Hall–Kier alpha value is -1.99. The molecule has 96 valence electrons. The second kappa shape index (κ2) is 6.26. The Morgan fingerprint density at radius 1 is 1.16 bits per heavy atom. The van der Waals surface area contributed by atoms with Gasteiger partial charge in [0.1, 0.15) is 24.2 Å². The van der Waals surface area contributed by atoms with Gasteiger partial charge in [-0.15, -0.1) is 0 Å². The first-order valence-corrected chi connectivity index (χ1v) is 6.47. The Balaban J connectivity index is 2.06. The van der Waals surface area contributed by atoms with Gasteiger partial charge in [-0.2, -0.15) is 5.26 Å². The summed E-state index contributed by atoms with van der Waals surface area (Å²) >= 11 is 3.33. The van der Waals surface area contributed by atoms with Crippen LogP contribution in [0.3, 0.4) is 0 Å². The van der Waals surface area contributed by atoms with Crippen LogP contribution in [0.15, 0.2) is 46.9 Å². The van der Waals surface area contributed by atoms with Crippen molar-refractivity contribution in [2.24, 2.45) is 0 Å².